The molecule has 0 radical (unpaired) electrons. The highest BCUT2D eigenvalue weighted by Crippen LogP contribution is 2.41. The SMILES string of the molecule is N#CCc1ccc(Oc2nc(CN3CCOCC3)nc3sc4c(c23)CCC4)cc1. The molecule has 0 unspecified atom stereocenters. The van der Waals surface area contributed by atoms with Crippen LogP contribution in [0.25, 0.3) is 10.2 Å². The van der Waals surface area contributed by atoms with E-state index in [-0.39, 0.29) is 0 Å². The molecule has 0 spiro atoms. The maximum atomic E-state index is 8.86. The molecule has 3 aromatic rings. The van der Waals surface area contributed by atoms with Crippen LogP contribution in [0.1, 0.15) is 28.2 Å². The summed E-state index contributed by atoms with van der Waals surface area (Å²) in [5.41, 5.74) is 2.34. The highest BCUT2D eigenvalue weighted by atomic mass is 32.1. The zero-order valence-electron chi connectivity index (χ0n) is 16.2. The van der Waals surface area contributed by atoms with E-state index in [9.17, 15) is 0 Å². The lowest BCUT2D eigenvalue weighted by Gasteiger charge is -2.25. The van der Waals surface area contributed by atoms with E-state index < -0.39 is 0 Å². The van der Waals surface area contributed by atoms with Crippen molar-refractivity contribution in [3.8, 4) is 17.7 Å². The Balaban J connectivity index is 1.50. The van der Waals surface area contributed by atoms with Gasteiger partial charge in [-0.25, -0.2) is 4.98 Å². The van der Waals surface area contributed by atoms with Crippen LogP contribution in [-0.2, 0) is 30.5 Å². The van der Waals surface area contributed by atoms with Crippen molar-refractivity contribution in [2.24, 2.45) is 0 Å². The van der Waals surface area contributed by atoms with Crippen molar-refractivity contribution in [1.29, 1.82) is 5.26 Å². The Hall–Kier alpha value is -2.53. The van der Waals surface area contributed by atoms with Gasteiger partial charge in [-0.05, 0) is 42.5 Å². The molecule has 0 N–H and O–H groups in total. The summed E-state index contributed by atoms with van der Waals surface area (Å²) in [6, 6.07) is 9.87. The van der Waals surface area contributed by atoms with Crippen LogP contribution in [0.4, 0.5) is 0 Å². The van der Waals surface area contributed by atoms with E-state index in [0.717, 1.165) is 66.5 Å². The van der Waals surface area contributed by atoms with Crippen molar-refractivity contribution in [2.45, 2.75) is 32.2 Å². The quantitative estimate of drug-likeness (QED) is 0.641. The fourth-order valence-corrected chi connectivity index (χ4v) is 5.26. The average Bonchev–Trinajstić information content (AvgIpc) is 3.31. The van der Waals surface area contributed by atoms with Gasteiger partial charge in [0.15, 0.2) is 0 Å². The first kappa shape index (κ1) is 18.5. The van der Waals surface area contributed by atoms with E-state index in [1.165, 1.54) is 16.9 Å². The first-order valence-corrected chi connectivity index (χ1v) is 10.9. The van der Waals surface area contributed by atoms with Crippen molar-refractivity contribution in [3.05, 3.63) is 46.1 Å². The number of aryl methyl sites for hydroxylation is 2. The number of benzene rings is 1. The molecule has 1 aromatic carbocycles. The van der Waals surface area contributed by atoms with Crippen molar-refractivity contribution in [3.63, 3.8) is 0 Å². The van der Waals surface area contributed by atoms with Gasteiger partial charge in [-0.2, -0.15) is 10.2 Å². The van der Waals surface area contributed by atoms with Gasteiger partial charge in [0.25, 0.3) is 0 Å². The number of morpholine rings is 1. The van der Waals surface area contributed by atoms with Gasteiger partial charge in [0.1, 0.15) is 16.4 Å². The molecule has 1 aliphatic carbocycles. The molecule has 0 bridgehead atoms. The van der Waals surface area contributed by atoms with Gasteiger partial charge in [-0.1, -0.05) is 12.1 Å². The Morgan fingerprint density at radius 3 is 2.76 bits per heavy atom. The van der Waals surface area contributed by atoms with Crippen molar-refractivity contribution in [2.75, 3.05) is 26.3 Å². The monoisotopic (exact) mass is 406 g/mol. The molecule has 3 heterocycles. The summed E-state index contributed by atoms with van der Waals surface area (Å²) >= 11 is 1.79. The molecule has 5 rings (SSSR count). The third kappa shape index (κ3) is 3.84. The number of nitriles is 1. The van der Waals surface area contributed by atoms with Crippen LogP contribution in [0, 0.1) is 11.3 Å². The molecule has 7 heteroatoms. The van der Waals surface area contributed by atoms with Gasteiger partial charge >= 0.3 is 0 Å². The first-order valence-electron chi connectivity index (χ1n) is 10.0. The van der Waals surface area contributed by atoms with Gasteiger partial charge in [0.05, 0.1) is 37.6 Å². The third-order valence-corrected chi connectivity index (χ3v) is 6.65. The van der Waals surface area contributed by atoms with Crippen LogP contribution in [0.2, 0.25) is 0 Å². The van der Waals surface area contributed by atoms with Gasteiger partial charge in [0.2, 0.25) is 5.88 Å². The van der Waals surface area contributed by atoms with E-state index in [1.807, 2.05) is 24.3 Å². The molecule has 1 aliphatic heterocycles. The van der Waals surface area contributed by atoms with Crippen LogP contribution < -0.4 is 4.74 Å². The minimum absolute atomic E-state index is 0.403. The number of aromatic nitrogens is 2. The summed E-state index contributed by atoms with van der Waals surface area (Å²) in [6.07, 6.45) is 3.78. The number of thiophene rings is 1. The van der Waals surface area contributed by atoms with Gasteiger partial charge in [-0.3, -0.25) is 4.90 Å². The molecular weight excluding hydrogens is 384 g/mol. The Kier molecular flexibility index (Phi) is 5.15. The van der Waals surface area contributed by atoms with Crippen molar-refractivity contribution in [1.82, 2.24) is 14.9 Å². The Labute approximate surface area is 173 Å². The van der Waals surface area contributed by atoms with E-state index in [2.05, 4.69) is 11.0 Å². The van der Waals surface area contributed by atoms with E-state index in [1.54, 1.807) is 11.3 Å². The molecule has 0 atom stereocenters. The second-order valence-electron chi connectivity index (χ2n) is 7.45. The maximum Gasteiger partial charge on any atom is 0.231 e. The van der Waals surface area contributed by atoms with Crippen molar-refractivity contribution < 1.29 is 9.47 Å². The number of nitrogens with zero attached hydrogens (tertiary/aromatic N) is 4. The Bertz CT molecular complexity index is 1070. The summed E-state index contributed by atoms with van der Waals surface area (Å²) in [5, 5.41) is 9.94. The molecule has 29 heavy (non-hydrogen) atoms. The minimum atomic E-state index is 0.403. The summed E-state index contributed by atoms with van der Waals surface area (Å²) in [4.78, 5) is 14.5. The van der Waals surface area contributed by atoms with Gasteiger partial charge in [-0.15, -0.1) is 11.3 Å². The van der Waals surface area contributed by atoms with Crippen LogP contribution in [-0.4, -0.2) is 41.2 Å². The molecular formula is C22H22N4O2S. The lowest BCUT2D eigenvalue weighted by molar-refractivity contribution is 0.0330. The second kappa shape index (κ2) is 8.07. The fraction of sp³-hybridized carbons (Fsp3) is 0.409. The molecule has 1 fully saturated rings. The molecule has 1 saturated heterocycles. The van der Waals surface area contributed by atoms with Crippen LogP contribution in [0.5, 0.6) is 11.6 Å². The average molecular weight is 407 g/mol. The van der Waals surface area contributed by atoms with E-state index in [0.29, 0.717) is 18.8 Å². The zero-order valence-corrected chi connectivity index (χ0v) is 17.0. The Morgan fingerprint density at radius 1 is 1.14 bits per heavy atom. The summed E-state index contributed by atoms with van der Waals surface area (Å²) in [7, 11) is 0. The summed E-state index contributed by atoms with van der Waals surface area (Å²) in [6.45, 7) is 4.03. The largest absolute Gasteiger partial charge is 0.438 e. The number of hydrogen-bond acceptors (Lipinski definition) is 7. The predicted molar refractivity (Wildman–Crippen MR) is 111 cm³/mol. The van der Waals surface area contributed by atoms with Crippen LogP contribution in [0.15, 0.2) is 24.3 Å². The third-order valence-electron chi connectivity index (χ3n) is 5.47. The summed E-state index contributed by atoms with van der Waals surface area (Å²) < 4.78 is 11.7. The van der Waals surface area contributed by atoms with Crippen molar-refractivity contribution >= 4 is 21.6 Å². The van der Waals surface area contributed by atoms with Gasteiger partial charge < -0.3 is 9.47 Å². The molecule has 6 nitrogen and oxygen atoms in total. The summed E-state index contributed by atoms with van der Waals surface area (Å²) in [5.74, 6) is 2.20. The number of fused-ring (bicyclic) bond motifs is 3. The number of hydrogen-bond donors (Lipinski definition) is 0. The molecule has 2 aromatic heterocycles. The predicted octanol–water partition coefficient (Wildman–Crippen LogP) is 3.87. The van der Waals surface area contributed by atoms with Crippen LogP contribution in [0.3, 0.4) is 0 Å². The molecule has 148 valence electrons. The normalized spacial score (nSPS) is 16.7. The highest BCUT2D eigenvalue weighted by Gasteiger charge is 2.24. The maximum absolute atomic E-state index is 8.86. The number of ether oxygens (including phenoxy) is 2. The van der Waals surface area contributed by atoms with Gasteiger partial charge in [0, 0.05) is 18.0 Å². The molecule has 2 aliphatic rings. The Morgan fingerprint density at radius 2 is 1.97 bits per heavy atom. The van der Waals surface area contributed by atoms with E-state index >= 15 is 0 Å². The lowest BCUT2D eigenvalue weighted by Crippen LogP contribution is -2.36. The van der Waals surface area contributed by atoms with E-state index in [4.69, 9.17) is 24.7 Å². The topological polar surface area (TPSA) is 71.3 Å². The minimum Gasteiger partial charge on any atom is -0.438 e. The smallest absolute Gasteiger partial charge is 0.231 e. The fourth-order valence-electron chi connectivity index (χ4n) is 3.99. The molecule has 0 saturated carbocycles. The standard InChI is InChI=1S/C22H22N4O2S/c23-9-8-15-4-6-16(7-5-15)28-21-20-17-2-1-3-18(17)29-22(20)25-19(24-21)14-26-10-12-27-13-11-26/h4-7H,1-3,8,10-14H2. The van der Waals surface area contributed by atoms with Crippen LogP contribution >= 0.6 is 11.3 Å². The second-order valence-corrected chi connectivity index (χ2v) is 8.54. The number of rotatable bonds is 5. The zero-order chi connectivity index (χ0) is 19.6. The lowest BCUT2D eigenvalue weighted by atomic mass is 10.1. The highest BCUT2D eigenvalue weighted by molar-refractivity contribution is 7.19. The first-order chi connectivity index (χ1) is 14.3. The molecule has 0 amide bonds.